The zero-order chi connectivity index (χ0) is 21.1. The van der Waals surface area contributed by atoms with E-state index < -0.39 is 38.5 Å². The molecule has 0 radical (unpaired) electrons. The Kier molecular flexibility index (Phi) is 6.49. The molecule has 0 unspecified atom stereocenters. The third-order valence-electron chi connectivity index (χ3n) is 3.72. The molecule has 0 saturated heterocycles. The molecule has 8 nitrogen and oxygen atoms in total. The van der Waals surface area contributed by atoms with Gasteiger partial charge in [-0.2, -0.15) is 13.9 Å². The van der Waals surface area contributed by atoms with Crippen LogP contribution in [0.2, 0.25) is 0 Å². The van der Waals surface area contributed by atoms with Gasteiger partial charge >= 0.3 is 11.7 Å². The standard InChI is InChI=1S/C17H19F2N3O5S/c1-10(2)22-14(8-9-20-22)21-15(23)11(3)27-16(24)12-4-6-13(7-5-12)28(25,26)17(18)19/h4-11,17H,1-3H3,(H,21,23)/t11-/m1/s1. The van der Waals surface area contributed by atoms with E-state index in [2.05, 4.69) is 10.4 Å². The summed E-state index contributed by atoms with van der Waals surface area (Å²) < 4.78 is 54.4. The van der Waals surface area contributed by atoms with Crippen LogP contribution in [0.4, 0.5) is 14.6 Å². The molecule has 1 amide bonds. The fourth-order valence-corrected chi connectivity index (χ4v) is 2.94. The summed E-state index contributed by atoms with van der Waals surface area (Å²) in [6.07, 6.45) is 0.355. The number of alkyl halides is 2. The zero-order valence-corrected chi connectivity index (χ0v) is 16.1. The smallest absolute Gasteiger partial charge is 0.341 e. The molecule has 0 fully saturated rings. The molecule has 1 heterocycles. The first-order valence-corrected chi connectivity index (χ1v) is 9.76. The maximum absolute atomic E-state index is 12.5. The largest absolute Gasteiger partial charge is 0.449 e. The average Bonchev–Trinajstić information content (AvgIpc) is 3.09. The lowest BCUT2D eigenvalue weighted by Gasteiger charge is -2.15. The first-order chi connectivity index (χ1) is 13.0. The number of hydrogen-bond acceptors (Lipinski definition) is 6. The van der Waals surface area contributed by atoms with Crippen molar-refractivity contribution in [3.05, 3.63) is 42.1 Å². The molecule has 1 aromatic heterocycles. The van der Waals surface area contributed by atoms with E-state index in [9.17, 15) is 26.8 Å². The summed E-state index contributed by atoms with van der Waals surface area (Å²) >= 11 is 0. The number of esters is 1. The zero-order valence-electron chi connectivity index (χ0n) is 15.3. The number of carbonyl (C=O) groups is 2. The topological polar surface area (TPSA) is 107 Å². The number of nitrogens with one attached hydrogen (secondary N) is 1. The lowest BCUT2D eigenvalue weighted by Crippen LogP contribution is -2.31. The minimum atomic E-state index is -4.75. The SMILES string of the molecule is CC(C)n1nccc1NC(=O)[C@@H](C)OC(=O)c1ccc(S(=O)(=O)C(F)F)cc1. The molecule has 1 N–H and O–H groups in total. The summed E-state index contributed by atoms with van der Waals surface area (Å²) in [6.45, 7) is 5.12. The summed E-state index contributed by atoms with van der Waals surface area (Å²) in [7, 11) is -4.75. The minimum absolute atomic E-state index is 0.00573. The van der Waals surface area contributed by atoms with Gasteiger partial charge in [-0.1, -0.05) is 0 Å². The van der Waals surface area contributed by atoms with Gasteiger partial charge in [-0.15, -0.1) is 0 Å². The Bertz CT molecular complexity index is 955. The van der Waals surface area contributed by atoms with E-state index in [0.29, 0.717) is 5.82 Å². The van der Waals surface area contributed by atoms with Crippen molar-refractivity contribution in [1.82, 2.24) is 9.78 Å². The van der Waals surface area contributed by atoms with Gasteiger partial charge in [0, 0.05) is 12.1 Å². The molecule has 28 heavy (non-hydrogen) atoms. The number of hydrogen-bond donors (Lipinski definition) is 1. The van der Waals surface area contributed by atoms with Crippen LogP contribution in [0, 0.1) is 0 Å². The highest BCUT2D eigenvalue weighted by Crippen LogP contribution is 2.19. The van der Waals surface area contributed by atoms with Crippen LogP contribution in [0.5, 0.6) is 0 Å². The number of halogens is 2. The number of rotatable bonds is 7. The van der Waals surface area contributed by atoms with Gasteiger partial charge in [0.1, 0.15) is 5.82 Å². The van der Waals surface area contributed by atoms with Gasteiger partial charge in [-0.3, -0.25) is 4.79 Å². The van der Waals surface area contributed by atoms with Crippen LogP contribution in [0.1, 0.15) is 37.2 Å². The van der Waals surface area contributed by atoms with Crippen LogP contribution in [0.15, 0.2) is 41.4 Å². The van der Waals surface area contributed by atoms with Gasteiger partial charge in [-0.25, -0.2) is 17.9 Å². The Balaban J connectivity index is 2.03. The second-order valence-corrected chi connectivity index (χ2v) is 8.04. The molecule has 0 aliphatic heterocycles. The van der Waals surface area contributed by atoms with Gasteiger partial charge in [0.05, 0.1) is 16.7 Å². The predicted molar refractivity (Wildman–Crippen MR) is 95.8 cm³/mol. The van der Waals surface area contributed by atoms with E-state index in [-0.39, 0.29) is 11.6 Å². The summed E-state index contributed by atoms with van der Waals surface area (Å²) in [5, 5.41) is 6.66. The van der Waals surface area contributed by atoms with Crippen LogP contribution in [-0.2, 0) is 19.4 Å². The summed E-state index contributed by atoms with van der Waals surface area (Å²) in [5.41, 5.74) is -0.0833. The third-order valence-corrected chi connectivity index (χ3v) is 5.12. The monoisotopic (exact) mass is 415 g/mol. The van der Waals surface area contributed by atoms with Crippen molar-refractivity contribution in [3.63, 3.8) is 0 Å². The number of anilines is 1. The highest BCUT2D eigenvalue weighted by Gasteiger charge is 2.27. The summed E-state index contributed by atoms with van der Waals surface area (Å²) in [5.74, 6) is -4.62. The number of nitrogens with zero attached hydrogens (tertiary/aromatic N) is 2. The van der Waals surface area contributed by atoms with Gasteiger partial charge in [-0.05, 0) is 45.0 Å². The number of amides is 1. The molecular formula is C17H19F2N3O5S. The molecule has 0 aliphatic carbocycles. The van der Waals surface area contributed by atoms with Crippen molar-refractivity contribution >= 4 is 27.5 Å². The molecule has 1 aromatic carbocycles. The van der Waals surface area contributed by atoms with E-state index in [1.807, 2.05) is 13.8 Å². The normalized spacial score (nSPS) is 12.8. The minimum Gasteiger partial charge on any atom is -0.449 e. The number of aromatic nitrogens is 2. The number of ether oxygens (including phenoxy) is 1. The van der Waals surface area contributed by atoms with Crippen molar-refractivity contribution in [3.8, 4) is 0 Å². The molecule has 2 rings (SSSR count). The maximum Gasteiger partial charge on any atom is 0.341 e. The predicted octanol–water partition coefficient (Wildman–Crippen LogP) is 2.64. The molecule has 152 valence electrons. The summed E-state index contributed by atoms with van der Waals surface area (Å²) in [6, 6.07) is 5.43. The Labute approximate surface area is 160 Å². The first-order valence-electron chi connectivity index (χ1n) is 8.21. The quantitative estimate of drug-likeness (QED) is 0.697. The first kappa shape index (κ1) is 21.5. The Morgan fingerprint density at radius 3 is 2.25 bits per heavy atom. The van der Waals surface area contributed by atoms with Gasteiger partial charge in [0.2, 0.25) is 9.84 Å². The molecule has 0 spiro atoms. The molecule has 1 atom stereocenters. The summed E-state index contributed by atoms with van der Waals surface area (Å²) in [4.78, 5) is 23.7. The van der Waals surface area contributed by atoms with Crippen molar-refractivity contribution < 1.29 is 31.5 Å². The molecule has 2 aromatic rings. The fourth-order valence-electron chi connectivity index (χ4n) is 2.22. The Morgan fingerprint density at radius 1 is 1.11 bits per heavy atom. The van der Waals surface area contributed by atoms with Crippen LogP contribution in [0.25, 0.3) is 0 Å². The fraction of sp³-hybridized carbons (Fsp3) is 0.353. The van der Waals surface area contributed by atoms with Crippen molar-refractivity contribution in [2.24, 2.45) is 0 Å². The second kappa shape index (κ2) is 8.46. The molecule has 11 heteroatoms. The third kappa shape index (κ3) is 4.71. The molecule has 0 saturated carbocycles. The number of benzene rings is 1. The maximum atomic E-state index is 12.5. The van der Waals surface area contributed by atoms with Crippen molar-refractivity contribution in [2.75, 3.05) is 5.32 Å². The van der Waals surface area contributed by atoms with Gasteiger partial charge < -0.3 is 10.1 Å². The van der Waals surface area contributed by atoms with E-state index in [1.165, 1.54) is 13.1 Å². The number of sulfone groups is 1. The molecule has 0 aliphatic rings. The van der Waals surface area contributed by atoms with Crippen molar-refractivity contribution in [1.29, 1.82) is 0 Å². The Hall–Kier alpha value is -2.82. The van der Waals surface area contributed by atoms with Crippen molar-refractivity contribution in [2.45, 2.75) is 43.6 Å². The molecular weight excluding hydrogens is 396 g/mol. The van der Waals surface area contributed by atoms with E-state index in [4.69, 9.17) is 4.74 Å². The van der Waals surface area contributed by atoms with Crippen LogP contribution in [-0.4, -0.2) is 41.9 Å². The molecule has 0 bridgehead atoms. The number of carbonyl (C=O) groups excluding carboxylic acids is 2. The Morgan fingerprint density at radius 2 is 1.71 bits per heavy atom. The van der Waals surface area contributed by atoms with Gasteiger partial charge in [0.25, 0.3) is 5.91 Å². The van der Waals surface area contributed by atoms with Crippen LogP contribution in [0.3, 0.4) is 0 Å². The van der Waals surface area contributed by atoms with E-state index in [1.54, 1.807) is 10.7 Å². The van der Waals surface area contributed by atoms with Gasteiger partial charge in [0.15, 0.2) is 6.10 Å². The lowest BCUT2D eigenvalue weighted by molar-refractivity contribution is -0.123. The van der Waals surface area contributed by atoms with E-state index in [0.717, 1.165) is 24.3 Å². The second-order valence-electron chi connectivity index (χ2n) is 6.12. The van der Waals surface area contributed by atoms with Crippen LogP contribution < -0.4 is 5.32 Å². The van der Waals surface area contributed by atoms with E-state index >= 15 is 0 Å². The average molecular weight is 415 g/mol. The lowest BCUT2D eigenvalue weighted by atomic mass is 10.2. The highest BCUT2D eigenvalue weighted by atomic mass is 32.2. The van der Waals surface area contributed by atoms with Crippen LogP contribution >= 0.6 is 0 Å². The highest BCUT2D eigenvalue weighted by molar-refractivity contribution is 7.91.